The zero-order valence-electron chi connectivity index (χ0n) is 16.8. The van der Waals surface area contributed by atoms with Crippen LogP contribution >= 0.6 is 0 Å². The van der Waals surface area contributed by atoms with E-state index >= 15 is 0 Å². The third-order valence-corrected chi connectivity index (χ3v) is 4.21. The van der Waals surface area contributed by atoms with Gasteiger partial charge in [0.1, 0.15) is 11.5 Å². The summed E-state index contributed by atoms with van der Waals surface area (Å²) in [6, 6.07) is 18.0. The lowest BCUT2D eigenvalue weighted by atomic mass is 10.1. The molecule has 0 saturated heterocycles. The summed E-state index contributed by atoms with van der Waals surface area (Å²) in [5.41, 5.74) is 2.15. The molecule has 1 heterocycles. The lowest BCUT2D eigenvalue weighted by Gasteiger charge is -2.12. The Kier molecular flexibility index (Phi) is 6.34. The van der Waals surface area contributed by atoms with Crippen LogP contribution in [0, 0.1) is 5.92 Å². The second-order valence-electron chi connectivity index (χ2n) is 7.19. The maximum atomic E-state index is 12.9. The number of benzene rings is 2. The molecule has 6 nitrogen and oxygen atoms in total. The third kappa shape index (κ3) is 5.48. The van der Waals surface area contributed by atoms with E-state index in [-0.39, 0.29) is 17.4 Å². The number of rotatable bonds is 7. The summed E-state index contributed by atoms with van der Waals surface area (Å²) in [4.78, 5) is 33.4. The lowest BCUT2D eigenvalue weighted by molar-refractivity contribution is 0.100. The summed E-state index contributed by atoms with van der Waals surface area (Å²) in [7, 11) is 0. The van der Waals surface area contributed by atoms with E-state index < -0.39 is 0 Å². The number of carbonyl (C=O) groups is 2. The van der Waals surface area contributed by atoms with Crippen LogP contribution in [-0.4, -0.2) is 28.2 Å². The highest BCUT2D eigenvalue weighted by atomic mass is 16.2. The number of carbonyl (C=O) groups excluding carboxylic acids is 2. The van der Waals surface area contributed by atoms with Crippen molar-refractivity contribution in [2.75, 3.05) is 17.2 Å². The molecule has 3 rings (SSSR count). The normalized spacial score (nSPS) is 10.6. The molecule has 0 saturated carbocycles. The van der Waals surface area contributed by atoms with Gasteiger partial charge in [0, 0.05) is 29.4 Å². The second kappa shape index (κ2) is 9.10. The summed E-state index contributed by atoms with van der Waals surface area (Å²) in [6.45, 7) is 6.42. The van der Waals surface area contributed by atoms with Gasteiger partial charge in [-0.25, -0.2) is 9.97 Å². The molecule has 0 bridgehead atoms. The number of nitrogens with zero attached hydrogens (tertiary/aromatic N) is 2. The van der Waals surface area contributed by atoms with Gasteiger partial charge in [0.25, 0.3) is 5.91 Å². The predicted octanol–water partition coefficient (Wildman–Crippen LogP) is 4.67. The second-order valence-corrected chi connectivity index (χ2v) is 7.19. The van der Waals surface area contributed by atoms with Crippen LogP contribution in [0.3, 0.4) is 0 Å². The Morgan fingerprint density at radius 1 is 0.966 bits per heavy atom. The lowest BCUT2D eigenvalue weighted by Crippen LogP contribution is -2.17. The van der Waals surface area contributed by atoms with Crippen LogP contribution in [0.15, 0.2) is 60.7 Å². The number of nitrogens with one attached hydrogen (secondary N) is 2. The van der Waals surface area contributed by atoms with E-state index in [0.717, 1.165) is 12.1 Å². The number of hydrogen-bond donors (Lipinski definition) is 2. The van der Waals surface area contributed by atoms with Crippen molar-refractivity contribution in [2.45, 2.75) is 20.8 Å². The molecular formula is C23H24N4O2. The number of hydrogen-bond acceptors (Lipinski definition) is 5. The first-order valence-electron chi connectivity index (χ1n) is 9.53. The number of amides is 1. The Balaban J connectivity index is 1.92. The fraction of sp³-hybridized carbons (Fsp3) is 0.217. The highest BCUT2D eigenvalue weighted by Gasteiger charge is 2.14. The van der Waals surface area contributed by atoms with E-state index in [2.05, 4.69) is 34.4 Å². The summed E-state index contributed by atoms with van der Waals surface area (Å²) in [5, 5.41) is 6.08. The molecule has 2 N–H and O–H groups in total. The Labute approximate surface area is 170 Å². The van der Waals surface area contributed by atoms with Gasteiger partial charge in [-0.1, -0.05) is 56.3 Å². The number of anilines is 2. The fourth-order valence-corrected chi connectivity index (χ4v) is 2.69. The van der Waals surface area contributed by atoms with Gasteiger partial charge < -0.3 is 10.6 Å². The molecule has 0 radical (unpaired) electrons. The van der Waals surface area contributed by atoms with Crippen LogP contribution in [0.4, 0.5) is 11.5 Å². The number of ketones is 1. The Hall–Kier alpha value is -3.54. The highest BCUT2D eigenvalue weighted by molar-refractivity contribution is 6.04. The molecule has 2 aromatic carbocycles. The number of aromatic nitrogens is 2. The van der Waals surface area contributed by atoms with Gasteiger partial charge in [-0.15, -0.1) is 0 Å². The zero-order chi connectivity index (χ0) is 20.8. The zero-order valence-corrected chi connectivity index (χ0v) is 16.8. The van der Waals surface area contributed by atoms with Crippen molar-refractivity contribution in [3.8, 4) is 11.4 Å². The quantitative estimate of drug-likeness (QED) is 0.575. The molecule has 0 spiro atoms. The van der Waals surface area contributed by atoms with Crippen LogP contribution in [0.2, 0.25) is 0 Å². The molecule has 0 fully saturated rings. The van der Waals surface area contributed by atoms with E-state index in [0.29, 0.717) is 28.8 Å². The Morgan fingerprint density at radius 2 is 1.72 bits per heavy atom. The van der Waals surface area contributed by atoms with Crippen LogP contribution < -0.4 is 10.6 Å². The van der Waals surface area contributed by atoms with E-state index in [1.165, 1.54) is 6.92 Å². The molecule has 1 aromatic heterocycles. The predicted molar refractivity (Wildman–Crippen MR) is 115 cm³/mol. The monoisotopic (exact) mass is 388 g/mol. The molecule has 3 aromatic rings. The van der Waals surface area contributed by atoms with Gasteiger partial charge in [0.05, 0.1) is 0 Å². The van der Waals surface area contributed by atoms with Gasteiger partial charge in [-0.2, -0.15) is 0 Å². The highest BCUT2D eigenvalue weighted by Crippen LogP contribution is 2.19. The van der Waals surface area contributed by atoms with Crippen molar-refractivity contribution < 1.29 is 9.59 Å². The summed E-state index contributed by atoms with van der Waals surface area (Å²) >= 11 is 0. The average Bonchev–Trinajstić information content (AvgIpc) is 2.73. The van der Waals surface area contributed by atoms with Crippen LogP contribution in [0.1, 0.15) is 41.6 Å². The SMILES string of the molecule is CC(=O)c1cccc(NC(=O)c2cc(NCC(C)C)nc(-c3ccccc3)n2)c1. The van der Waals surface area contributed by atoms with Crippen molar-refractivity contribution in [2.24, 2.45) is 5.92 Å². The summed E-state index contributed by atoms with van der Waals surface area (Å²) in [6.07, 6.45) is 0. The number of Topliss-reactive ketones (excluding diaryl/α,β-unsaturated/α-hetero) is 1. The molecule has 0 aliphatic rings. The molecule has 0 atom stereocenters. The van der Waals surface area contributed by atoms with Gasteiger partial charge in [-0.3, -0.25) is 9.59 Å². The van der Waals surface area contributed by atoms with Crippen molar-refractivity contribution in [1.82, 2.24) is 9.97 Å². The molecule has 1 amide bonds. The molecule has 29 heavy (non-hydrogen) atoms. The minimum atomic E-state index is -0.363. The van der Waals surface area contributed by atoms with Gasteiger partial charge in [0.15, 0.2) is 11.6 Å². The van der Waals surface area contributed by atoms with Gasteiger partial charge >= 0.3 is 0 Å². The van der Waals surface area contributed by atoms with Gasteiger partial charge in [-0.05, 0) is 25.0 Å². The molecule has 0 aliphatic carbocycles. The van der Waals surface area contributed by atoms with E-state index in [1.54, 1.807) is 30.3 Å². The molecule has 6 heteroatoms. The minimum absolute atomic E-state index is 0.0605. The smallest absolute Gasteiger partial charge is 0.274 e. The van der Waals surface area contributed by atoms with Crippen LogP contribution in [0.25, 0.3) is 11.4 Å². The molecule has 0 aliphatic heterocycles. The van der Waals surface area contributed by atoms with E-state index in [9.17, 15) is 9.59 Å². The minimum Gasteiger partial charge on any atom is -0.370 e. The molecular weight excluding hydrogens is 364 g/mol. The molecule has 0 unspecified atom stereocenters. The molecule has 148 valence electrons. The van der Waals surface area contributed by atoms with Crippen molar-refractivity contribution in [1.29, 1.82) is 0 Å². The Bertz CT molecular complexity index is 1020. The van der Waals surface area contributed by atoms with Crippen molar-refractivity contribution in [3.05, 3.63) is 71.9 Å². The Morgan fingerprint density at radius 3 is 2.41 bits per heavy atom. The summed E-state index contributed by atoms with van der Waals surface area (Å²) in [5.74, 6) is 1.07. The van der Waals surface area contributed by atoms with Gasteiger partial charge in [0.2, 0.25) is 0 Å². The van der Waals surface area contributed by atoms with Crippen molar-refractivity contribution >= 4 is 23.2 Å². The van der Waals surface area contributed by atoms with Crippen LogP contribution in [-0.2, 0) is 0 Å². The average molecular weight is 388 g/mol. The largest absolute Gasteiger partial charge is 0.370 e. The maximum Gasteiger partial charge on any atom is 0.274 e. The van der Waals surface area contributed by atoms with Crippen molar-refractivity contribution in [3.63, 3.8) is 0 Å². The van der Waals surface area contributed by atoms with Crippen LogP contribution in [0.5, 0.6) is 0 Å². The topological polar surface area (TPSA) is 84.0 Å². The standard InChI is InChI=1S/C23H24N4O2/c1-15(2)14-24-21-13-20(26-22(27-21)17-8-5-4-6-9-17)23(29)25-19-11-7-10-18(12-19)16(3)28/h4-13,15H,14H2,1-3H3,(H,25,29)(H,24,26,27). The third-order valence-electron chi connectivity index (χ3n) is 4.21. The fourth-order valence-electron chi connectivity index (χ4n) is 2.69. The maximum absolute atomic E-state index is 12.9. The summed E-state index contributed by atoms with van der Waals surface area (Å²) < 4.78 is 0. The van der Waals surface area contributed by atoms with E-state index in [1.807, 2.05) is 30.3 Å². The first-order chi connectivity index (χ1) is 13.9. The first-order valence-corrected chi connectivity index (χ1v) is 9.53. The van der Waals surface area contributed by atoms with E-state index in [4.69, 9.17) is 0 Å². The first kappa shape index (κ1) is 20.2.